The normalized spacial score (nSPS) is 12.6. The van der Waals surface area contributed by atoms with Crippen LogP contribution in [-0.4, -0.2) is 6.29 Å². The fourth-order valence-electron chi connectivity index (χ4n) is 0.705. The zero-order valence-electron chi connectivity index (χ0n) is 6.08. The lowest BCUT2D eigenvalue weighted by Crippen LogP contribution is -2.07. The molecule has 0 N–H and O–H groups in total. The smallest absolute Gasteiger partial charge is 0.228 e. The summed E-state index contributed by atoms with van der Waals surface area (Å²) >= 11 is 5.61. The van der Waals surface area contributed by atoms with Crippen molar-refractivity contribution in [1.82, 2.24) is 0 Å². The first-order valence-corrected chi connectivity index (χ1v) is 3.64. The van der Waals surface area contributed by atoms with E-state index in [-0.39, 0.29) is 0 Å². The van der Waals surface area contributed by atoms with Gasteiger partial charge in [0.2, 0.25) is 6.29 Å². The molecular formula is C8H8ClO2. The van der Waals surface area contributed by atoms with Gasteiger partial charge in [0.05, 0.1) is 0 Å². The minimum atomic E-state index is -1.03. The molecule has 0 spiro atoms. The molecule has 1 aromatic rings. The van der Waals surface area contributed by atoms with Gasteiger partial charge in [-0.1, -0.05) is 11.6 Å². The van der Waals surface area contributed by atoms with Gasteiger partial charge in [-0.05, 0) is 24.3 Å². The maximum absolute atomic E-state index is 10.5. The Morgan fingerprint density at radius 2 is 1.91 bits per heavy atom. The van der Waals surface area contributed by atoms with E-state index in [0.717, 1.165) is 0 Å². The lowest BCUT2D eigenvalue weighted by molar-refractivity contribution is -0.0552. The van der Waals surface area contributed by atoms with E-state index in [2.05, 4.69) is 0 Å². The standard InChI is InChI=1S/C8H8ClO2/c1-6(10)11-8-4-2-7(9)3-5-8/h2-6H,1H3. The third kappa shape index (κ3) is 2.78. The fourth-order valence-corrected chi connectivity index (χ4v) is 0.831. The number of hydrogen-bond acceptors (Lipinski definition) is 1. The van der Waals surface area contributed by atoms with E-state index < -0.39 is 6.29 Å². The molecule has 0 aromatic heterocycles. The monoisotopic (exact) mass is 171 g/mol. The van der Waals surface area contributed by atoms with Crippen LogP contribution < -0.4 is 4.74 Å². The summed E-state index contributed by atoms with van der Waals surface area (Å²) in [6.45, 7) is 1.44. The van der Waals surface area contributed by atoms with Gasteiger partial charge in [0, 0.05) is 11.9 Å². The highest BCUT2D eigenvalue weighted by Gasteiger charge is 1.98. The van der Waals surface area contributed by atoms with Crippen LogP contribution >= 0.6 is 11.6 Å². The Balaban J connectivity index is 2.66. The van der Waals surface area contributed by atoms with Gasteiger partial charge in [-0.3, -0.25) is 0 Å². The maximum Gasteiger partial charge on any atom is 0.228 e. The molecule has 0 aliphatic heterocycles. The Hall–Kier alpha value is -0.730. The highest BCUT2D eigenvalue weighted by atomic mass is 35.5. The van der Waals surface area contributed by atoms with Crippen LogP contribution in [-0.2, 0) is 5.11 Å². The third-order valence-electron chi connectivity index (χ3n) is 1.12. The summed E-state index contributed by atoms with van der Waals surface area (Å²) in [7, 11) is 0. The van der Waals surface area contributed by atoms with Crippen molar-refractivity contribution in [3.8, 4) is 5.75 Å². The van der Waals surface area contributed by atoms with Gasteiger partial charge in [-0.25, -0.2) is 0 Å². The van der Waals surface area contributed by atoms with Crippen LogP contribution in [0.2, 0.25) is 5.02 Å². The first-order valence-electron chi connectivity index (χ1n) is 3.26. The van der Waals surface area contributed by atoms with Gasteiger partial charge in [0.15, 0.2) is 0 Å². The summed E-state index contributed by atoms with van der Waals surface area (Å²) in [5, 5.41) is 11.2. The lowest BCUT2D eigenvalue weighted by Gasteiger charge is -2.05. The van der Waals surface area contributed by atoms with Crippen molar-refractivity contribution < 1.29 is 9.84 Å². The average Bonchev–Trinajstić information content (AvgIpc) is 1.93. The Kier molecular flexibility index (Phi) is 2.74. The van der Waals surface area contributed by atoms with Crippen LogP contribution in [0.4, 0.5) is 0 Å². The Bertz CT molecular complexity index is 218. The molecule has 0 saturated heterocycles. The fraction of sp³-hybridized carbons (Fsp3) is 0.250. The van der Waals surface area contributed by atoms with E-state index in [1.165, 1.54) is 6.92 Å². The molecule has 0 aliphatic carbocycles. The predicted octanol–water partition coefficient (Wildman–Crippen LogP) is 2.50. The van der Waals surface area contributed by atoms with Gasteiger partial charge in [-0.15, -0.1) is 0 Å². The highest BCUT2D eigenvalue weighted by molar-refractivity contribution is 6.30. The largest absolute Gasteiger partial charge is 0.462 e. The molecule has 0 heterocycles. The molecule has 0 aliphatic rings. The van der Waals surface area contributed by atoms with E-state index in [9.17, 15) is 5.11 Å². The maximum atomic E-state index is 10.5. The quantitative estimate of drug-likeness (QED) is 0.629. The van der Waals surface area contributed by atoms with E-state index >= 15 is 0 Å². The molecule has 2 nitrogen and oxygen atoms in total. The van der Waals surface area contributed by atoms with Gasteiger partial charge in [-0.2, -0.15) is 5.11 Å². The summed E-state index contributed by atoms with van der Waals surface area (Å²) < 4.78 is 4.85. The molecule has 0 saturated carbocycles. The van der Waals surface area contributed by atoms with Crippen LogP contribution in [0, 0.1) is 0 Å². The molecule has 0 amide bonds. The van der Waals surface area contributed by atoms with E-state index in [1.807, 2.05) is 0 Å². The highest BCUT2D eigenvalue weighted by Crippen LogP contribution is 2.16. The third-order valence-corrected chi connectivity index (χ3v) is 1.37. The van der Waals surface area contributed by atoms with E-state index in [0.29, 0.717) is 10.8 Å². The molecule has 3 heteroatoms. The van der Waals surface area contributed by atoms with E-state index in [4.69, 9.17) is 16.3 Å². The van der Waals surface area contributed by atoms with Crippen LogP contribution in [0.1, 0.15) is 6.92 Å². The summed E-state index contributed by atoms with van der Waals surface area (Å²) in [5.74, 6) is 0.553. The molecule has 1 unspecified atom stereocenters. The van der Waals surface area contributed by atoms with Crippen LogP contribution in [0.15, 0.2) is 24.3 Å². The summed E-state index contributed by atoms with van der Waals surface area (Å²) in [5.41, 5.74) is 0. The molecule has 1 rings (SSSR count). The molecular weight excluding hydrogens is 164 g/mol. The van der Waals surface area contributed by atoms with Crippen molar-refractivity contribution in [1.29, 1.82) is 0 Å². The van der Waals surface area contributed by atoms with Crippen molar-refractivity contribution in [3.05, 3.63) is 29.3 Å². The molecule has 0 fully saturated rings. The summed E-state index contributed by atoms with van der Waals surface area (Å²) in [4.78, 5) is 0. The molecule has 1 radical (unpaired) electrons. The van der Waals surface area contributed by atoms with Crippen LogP contribution in [0.25, 0.3) is 0 Å². The van der Waals surface area contributed by atoms with Gasteiger partial charge in [0.25, 0.3) is 0 Å². The Labute approximate surface area is 70.4 Å². The first-order chi connectivity index (χ1) is 5.18. The van der Waals surface area contributed by atoms with Crippen molar-refractivity contribution in [3.63, 3.8) is 0 Å². The van der Waals surface area contributed by atoms with Crippen LogP contribution in [0.5, 0.6) is 5.75 Å². The number of hydrogen-bond donors (Lipinski definition) is 0. The second-order valence-corrected chi connectivity index (χ2v) is 2.58. The van der Waals surface area contributed by atoms with Crippen molar-refractivity contribution in [2.75, 3.05) is 0 Å². The molecule has 0 bridgehead atoms. The zero-order chi connectivity index (χ0) is 8.27. The first kappa shape index (κ1) is 8.37. The van der Waals surface area contributed by atoms with Crippen LogP contribution in [0.3, 0.4) is 0 Å². The van der Waals surface area contributed by atoms with E-state index in [1.54, 1.807) is 24.3 Å². The number of rotatable bonds is 2. The minimum absolute atomic E-state index is 0.553. The molecule has 59 valence electrons. The second-order valence-electron chi connectivity index (χ2n) is 2.14. The molecule has 1 aromatic carbocycles. The number of benzene rings is 1. The van der Waals surface area contributed by atoms with Crippen molar-refractivity contribution in [2.45, 2.75) is 13.2 Å². The SMILES string of the molecule is CC([O])Oc1ccc(Cl)cc1. The van der Waals surface area contributed by atoms with Gasteiger partial charge >= 0.3 is 0 Å². The van der Waals surface area contributed by atoms with Crippen molar-refractivity contribution in [2.24, 2.45) is 0 Å². The predicted molar refractivity (Wildman–Crippen MR) is 42.2 cm³/mol. The number of ether oxygens (including phenoxy) is 1. The Morgan fingerprint density at radius 3 is 2.36 bits per heavy atom. The lowest BCUT2D eigenvalue weighted by atomic mass is 10.3. The van der Waals surface area contributed by atoms with Gasteiger partial charge < -0.3 is 4.74 Å². The summed E-state index contributed by atoms with van der Waals surface area (Å²) in [6, 6.07) is 6.69. The molecule has 1 atom stereocenters. The minimum Gasteiger partial charge on any atom is -0.462 e. The molecule has 11 heavy (non-hydrogen) atoms. The topological polar surface area (TPSA) is 29.1 Å². The second kappa shape index (κ2) is 3.60. The zero-order valence-corrected chi connectivity index (χ0v) is 6.84. The number of halogens is 1. The Morgan fingerprint density at radius 1 is 1.36 bits per heavy atom. The van der Waals surface area contributed by atoms with Crippen molar-refractivity contribution >= 4 is 11.6 Å². The average molecular weight is 172 g/mol. The summed E-state index contributed by atoms with van der Waals surface area (Å²) in [6.07, 6.45) is -1.03. The van der Waals surface area contributed by atoms with Gasteiger partial charge in [0.1, 0.15) is 5.75 Å².